The highest BCUT2D eigenvalue weighted by atomic mass is 16.6. The van der Waals surface area contributed by atoms with Crippen molar-refractivity contribution in [3.8, 4) is 0 Å². The van der Waals surface area contributed by atoms with Gasteiger partial charge in [0.25, 0.3) is 0 Å². The Morgan fingerprint density at radius 3 is 2.13 bits per heavy atom. The minimum Gasteiger partial charge on any atom is -0.444 e. The van der Waals surface area contributed by atoms with Crippen LogP contribution in [0.1, 0.15) is 67.7 Å². The summed E-state index contributed by atoms with van der Waals surface area (Å²) in [6.45, 7) is 15.6. The Balaban J connectivity index is 4.55. The Morgan fingerprint density at radius 2 is 1.74 bits per heavy atom. The van der Waals surface area contributed by atoms with Crippen LogP contribution in [-0.2, 0) is 4.74 Å². The van der Waals surface area contributed by atoms with Crippen molar-refractivity contribution in [2.75, 3.05) is 19.7 Å². The van der Waals surface area contributed by atoms with E-state index in [-0.39, 0.29) is 24.2 Å². The molecule has 0 spiro atoms. The van der Waals surface area contributed by atoms with E-state index in [1.807, 2.05) is 20.8 Å². The lowest BCUT2D eigenvalue weighted by molar-refractivity contribution is 0.0517. The molecule has 0 radical (unpaired) electrons. The van der Waals surface area contributed by atoms with E-state index in [2.05, 4.69) is 38.3 Å². The Hall–Kier alpha value is -0.810. The first-order valence-electron chi connectivity index (χ1n) is 8.88. The minimum atomic E-state index is -0.485. The van der Waals surface area contributed by atoms with Crippen molar-refractivity contribution in [3.05, 3.63) is 0 Å². The summed E-state index contributed by atoms with van der Waals surface area (Å²) in [5, 5.41) is 16.1. The van der Waals surface area contributed by atoms with E-state index in [4.69, 9.17) is 4.74 Å². The van der Waals surface area contributed by atoms with E-state index >= 15 is 0 Å². The molecule has 0 saturated heterocycles. The van der Waals surface area contributed by atoms with Gasteiger partial charge in [-0.2, -0.15) is 0 Å². The highest BCUT2D eigenvalue weighted by molar-refractivity contribution is 5.67. The number of amides is 1. The molecule has 0 aromatic heterocycles. The Kier molecular flexibility index (Phi) is 9.78. The van der Waals surface area contributed by atoms with Crippen molar-refractivity contribution in [1.82, 2.24) is 10.6 Å². The van der Waals surface area contributed by atoms with Crippen LogP contribution in [0.3, 0.4) is 0 Å². The van der Waals surface area contributed by atoms with Gasteiger partial charge in [0.1, 0.15) is 5.60 Å². The standard InChI is InChI=1S/C18H38N2O3/c1-8-18(9-2,13-21)12-20-15(10-14(3)4)11-19-16(22)23-17(5,6)7/h14-15,20-21H,8-13H2,1-7H3,(H,19,22). The van der Waals surface area contributed by atoms with Crippen LogP contribution in [0.15, 0.2) is 0 Å². The predicted molar refractivity (Wildman–Crippen MR) is 95.6 cm³/mol. The number of nitrogens with one attached hydrogen (secondary N) is 2. The fourth-order valence-electron chi connectivity index (χ4n) is 2.47. The number of alkyl carbamates (subject to hydrolysis) is 1. The zero-order valence-electron chi connectivity index (χ0n) is 16.2. The smallest absolute Gasteiger partial charge is 0.407 e. The lowest BCUT2D eigenvalue weighted by Crippen LogP contribution is -2.47. The molecule has 3 N–H and O–H groups in total. The van der Waals surface area contributed by atoms with E-state index in [1.54, 1.807) is 0 Å². The van der Waals surface area contributed by atoms with Gasteiger partial charge in [0, 0.05) is 31.2 Å². The first-order chi connectivity index (χ1) is 10.6. The predicted octanol–water partition coefficient (Wildman–Crippen LogP) is 3.31. The summed E-state index contributed by atoms with van der Waals surface area (Å²) >= 11 is 0. The van der Waals surface area contributed by atoms with Crippen molar-refractivity contribution in [2.24, 2.45) is 11.3 Å². The van der Waals surface area contributed by atoms with E-state index in [0.717, 1.165) is 25.8 Å². The molecule has 0 heterocycles. The average Bonchev–Trinajstić information content (AvgIpc) is 2.44. The minimum absolute atomic E-state index is 0.0822. The van der Waals surface area contributed by atoms with E-state index < -0.39 is 5.60 Å². The zero-order valence-corrected chi connectivity index (χ0v) is 16.2. The van der Waals surface area contributed by atoms with Crippen LogP contribution < -0.4 is 10.6 Å². The largest absolute Gasteiger partial charge is 0.444 e. The monoisotopic (exact) mass is 330 g/mol. The molecule has 0 aliphatic heterocycles. The average molecular weight is 331 g/mol. The maximum absolute atomic E-state index is 11.8. The van der Waals surface area contributed by atoms with Crippen LogP contribution in [-0.4, -0.2) is 42.5 Å². The van der Waals surface area contributed by atoms with E-state index in [1.165, 1.54) is 0 Å². The number of aliphatic hydroxyl groups is 1. The van der Waals surface area contributed by atoms with Gasteiger partial charge in [-0.1, -0.05) is 27.7 Å². The first-order valence-corrected chi connectivity index (χ1v) is 8.88. The summed E-state index contributed by atoms with van der Waals surface area (Å²) in [6, 6.07) is 0.173. The Labute approximate surface area is 142 Å². The van der Waals surface area contributed by atoms with Gasteiger partial charge in [-0.25, -0.2) is 4.79 Å². The molecule has 0 bridgehead atoms. The maximum atomic E-state index is 11.8. The molecule has 1 amide bonds. The summed E-state index contributed by atoms with van der Waals surface area (Å²) in [4.78, 5) is 11.8. The number of aliphatic hydroxyl groups excluding tert-OH is 1. The van der Waals surface area contributed by atoms with Gasteiger partial charge in [0.2, 0.25) is 0 Å². The molecule has 0 fully saturated rings. The molecule has 5 heteroatoms. The second-order valence-electron chi connectivity index (χ2n) is 7.96. The van der Waals surface area contributed by atoms with Crippen molar-refractivity contribution in [2.45, 2.75) is 79.4 Å². The fraction of sp³-hybridized carbons (Fsp3) is 0.944. The third-order valence-corrected chi connectivity index (χ3v) is 4.25. The molecule has 1 atom stereocenters. The van der Waals surface area contributed by atoms with Crippen molar-refractivity contribution in [1.29, 1.82) is 0 Å². The van der Waals surface area contributed by atoms with Crippen LogP contribution in [0.2, 0.25) is 0 Å². The fourth-order valence-corrected chi connectivity index (χ4v) is 2.47. The van der Waals surface area contributed by atoms with Gasteiger partial charge in [-0.3, -0.25) is 0 Å². The number of hydrogen-bond donors (Lipinski definition) is 3. The normalized spacial score (nSPS) is 14.0. The van der Waals surface area contributed by atoms with Crippen LogP contribution in [0.4, 0.5) is 4.79 Å². The topological polar surface area (TPSA) is 70.6 Å². The third-order valence-electron chi connectivity index (χ3n) is 4.25. The summed E-state index contributed by atoms with van der Waals surface area (Å²) in [5.74, 6) is 0.528. The van der Waals surface area contributed by atoms with Crippen molar-refractivity contribution < 1.29 is 14.6 Å². The van der Waals surface area contributed by atoms with Crippen molar-refractivity contribution in [3.63, 3.8) is 0 Å². The van der Waals surface area contributed by atoms with Gasteiger partial charge in [-0.05, 0) is 46.0 Å². The molecule has 0 aliphatic carbocycles. The summed E-state index contributed by atoms with van der Waals surface area (Å²) in [6.07, 6.45) is 2.44. The molecule has 0 aromatic carbocycles. The molecule has 5 nitrogen and oxygen atoms in total. The molecular formula is C18H38N2O3. The molecule has 138 valence electrons. The van der Waals surface area contributed by atoms with Gasteiger partial charge in [0.05, 0.1) is 0 Å². The van der Waals surface area contributed by atoms with Crippen LogP contribution in [0.25, 0.3) is 0 Å². The van der Waals surface area contributed by atoms with Crippen molar-refractivity contribution >= 4 is 6.09 Å². The number of carbonyl (C=O) groups is 1. The van der Waals surface area contributed by atoms with Crippen LogP contribution in [0, 0.1) is 11.3 Å². The zero-order chi connectivity index (χ0) is 18.1. The highest BCUT2D eigenvalue weighted by Crippen LogP contribution is 2.24. The van der Waals surface area contributed by atoms with Crippen LogP contribution in [0.5, 0.6) is 0 Å². The number of carbonyl (C=O) groups excluding carboxylic acids is 1. The molecule has 0 rings (SSSR count). The van der Waals surface area contributed by atoms with Gasteiger partial charge >= 0.3 is 6.09 Å². The van der Waals surface area contributed by atoms with Gasteiger partial charge in [-0.15, -0.1) is 0 Å². The Bertz CT molecular complexity index is 325. The molecule has 1 unspecified atom stereocenters. The van der Waals surface area contributed by atoms with E-state index in [0.29, 0.717) is 12.5 Å². The molecular weight excluding hydrogens is 292 g/mol. The lowest BCUT2D eigenvalue weighted by atomic mass is 9.83. The summed E-state index contributed by atoms with van der Waals surface area (Å²) < 4.78 is 5.28. The second-order valence-corrected chi connectivity index (χ2v) is 7.96. The third kappa shape index (κ3) is 9.82. The summed E-state index contributed by atoms with van der Waals surface area (Å²) in [7, 11) is 0. The number of hydrogen-bond acceptors (Lipinski definition) is 4. The van der Waals surface area contributed by atoms with Gasteiger partial charge < -0.3 is 20.5 Å². The Morgan fingerprint density at radius 1 is 1.17 bits per heavy atom. The first kappa shape index (κ1) is 22.2. The molecule has 0 saturated carbocycles. The molecule has 0 aromatic rings. The number of ether oxygens (including phenoxy) is 1. The molecule has 0 aliphatic rings. The molecule has 23 heavy (non-hydrogen) atoms. The quantitative estimate of drug-likeness (QED) is 0.575. The maximum Gasteiger partial charge on any atom is 0.407 e. The SMILES string of the molecule is CCC(CC)(CO)CNC(CNC(=O)OC(C)(C)C)CC(C)C. The lowest BCUT2D eigenvalue weighted by Gasteiger charge is -2.32. The number of rotatable bonds is 10. The second kappa shape index (κ2) is 10.1. The summed E-state index contributed by atoms with van der Waals surface area (Å²) in [5.41, 5.74) is -0.567. The van der Waals surface area contributed by atoms with E-state index in [9.17, 15) is 9.90 Å². The van der Waals surface area contributed by atoms with Crippen LogP contribution >= 0.6 is 0 Å². The van der Waals surface area contributed by atoms with Gasteiger partial charge in [0.15, 0.2) is 0 Å². The highest BCUT2D eigenvalue weighted by Gasteiger charge is 2.26.